The van der Waals surface area contributed by atoms with E-state index >= 15 is 0 Å². The molecule has 1 fully saturated rings. The summed E-state index contributed by atoms with van der Waals surface area (Å²) < 4.78 is 33.8. The van der Waals surface area contributed by atoms with Crippen LogP contribution in [0.2, 0.25) is 0 Å². The molecule has 2 aromatic rings. The fraction of sp³-hybridized carbons (Fsp3) is 0.429. The number of carbonyl (C=O) groups is 1. The van der Waals surface area contributed by atoms with E-state index in [0.29, 0.717) is 11.3 Å². The third-order valence-corrected chi connectivity index (χ3v) is 3.63. The first-order valence-electron chi connectivity index (χ1n) is 6.77. The van der Waals surface area contributed by atoms with Gasteiger partial charge in [-0.3, -0.25) is 4.79 Å². The topological polar surface area (TPSA) is 67.1 Å². The van der Waals surface area contributed by atoms with Gasteiger partial charge < -0.3 is 14.7 Å². The van der Waals surface area contributed by atoms with Crippen LogP contribution in [0.4, 0.5) is 8.78 Å². The maximum Gasteiger partial charge on any atom is 0.267 e. The highest BCUT2D eigenvalue weighted by Crippen LogP contribution is 2.30. The number of methoxy groups -OCH3 is 1. The van der Waals surface area contributed by atoms with Crippen LogP contribution in [0.3, 0.4) is 0 Å². The Morgan fingerprint density at radius 1 is 1.55 bits per heavy atom. The smallest absolute Gasteiger partial charge is 0.267 e. The number of aliphatic hydroxyl groups is 1. The Morgan fingerprint density at radius 2 is 2.32 bits per heavy atom. The van der Waals surface area contributed by atoms with E-state index in [1.807, 2.05) is 0 Å². The molecule has 2 aromatic heterocycles. The van der Waals surface area contributed by atoms with Crippen molar-refractivity contribution in [2.24, 2.45) is 0 Å². The minimum Gasteiger partial charge on any atom is -0.494 e. The van der Waals surface area contributed by atoms with Crippen LogP contribution in [0.1, 0.15) is 16.8 Å². The predicted octanol–water partition coefficient (Wildman–Crippen LogP) is 1.18. The second kappa shape index (κ2) is 5.20. The van der Waals surface area contributed by atoms with E-state index in [0.717, 1.165) is 4.90 Å². The number of likely N-dealkylation sites (tertiary alicyclic amines) is 1. The van der Waals surface area contributed by atoms with E-state index in [1.54, 1.807) is 18.3 Å². The van der Waals surface area contributed by atoms with E-state index in [4.69, 9.17) is 4.74 Å². The predicted molar refractivity (Wildman–Crippen MR) is 73.2 cm³/mol. The maximum absolute atomic E-state index is 13.6. The maximum atomic E-state index is 13.6. The number of pyridine rings is 1. The number of aliphatic hydroxyl groups excluding tert-OH is 1. The first-order chi connectivity index (χ1) is 10.4. The third kappa shape index (κ3) is 2.50. The summed E-state index contributed by atoms with van der Waals surface area (Å²) in [7, 11) is 1.45. The van der Waals surface area contributed by atoms with Gasteiger partial charge in [0.2, 0.25) is 0 Å². The van der Waals surface area contributed by atoms with Gasteiger partial charge in [0.05, 0.1) is 31.5 Å². The van der Waals surface area contributed by atoms with Crippen molar-refractivity contribution in [3.63, 3.8) is 0 Å². The number of alkyl halides is 2. The average molecular weight is 311 g/mol. The Bertz CT molecular complexity index is 716. The van der Waals surface area contributed by atoms with Crippen molar-refractivity contribution in [3.8, 4) is 5.75 Å². The van der Waals surface area contributed by atoms with Gasteiger partial charge in [-0.05, 0) is 12.1 Å². The lowest BCUT2D eigenvalue weighted by Gasteiger charge is -2.35. The third-order valence-electron chi connectivity index (χ3n) is 3.63. The zero-order chi connectivity index (χ0) is 15.9. The Balaban J connectivity index is 1.99. The highest BCUT2D eigenvalue weighted by molar-refractivity contribution is 6.02. The van der Waals surface area contributed by atoms with Crippen molar-refractivity contribution in [1.29, 1.82) is 0 Å². The largest absolute Gasteiger partial charge is 0.494 e. The van der Waals surface area contributed by atoms with Crippen molar-refractivity contribution in [2.75, 3.05) is 20.2 Å². The van der Waals surface area contributed by atoms with Gasteiger partial charge in [0.25, 0.3) is 11.8 Å². The lowest BCUT2D eigenvalue weighted by molar-refractivity contribution is -0.0972. The van der Waals surface area contributed by atoms with Crippen LogP contribution in [0, 0.1) is 0 Å². The number of halogens is 2. The molecule has 1 atom stereocenters. The molecule has 0 radical (unpaired) electrons. The van der Waals surface area contributed by atoms with E-state index < -0.39 is 30.9 Å². The van der Waals surface area contributed by atoms with Crippen molar-refractivity contribution < 1.29 is 23.4 Å². The number of rotatable bonds is 2. The van der Waals surface area contributed by atoms with Gasteiger partial charge in [-0.15, -0.1) is 0 Å². The molecule has 1 aliphatic heterocycles. The highest BCUT2D eigenvalue weighted by Gasteiger charge is 2.42. The SMILES string of the molecule is COc1cccn2ncc(C(=O)N3CC(O)CC(F)(F)C3)c12. The molecule has 0 saturated carbocycles. The minimum atomic E-state index is -3.10. The van der Waals surface area contributed by atoms with Gasteiger partial charge >= 0.3 is 0 Å². The summed E-state index contributed by atoms with van der Waals surface area (Å²) in [5.41, 5.74) is 0.584. The number of fused-ring (bicyclic) bond motifs is 1. The molecule has 3 heterocycles. The van der Waals surface area contributed by atoms with Crippen molar-refractivity contribution in [1.82, 2.24) is 14.5 Å². The molecule has 1 amide bonds. The van der Waals surface area contributed by atoms with Crippen molar-refractivity contribution >= 4 is 11.4 Å². The minimum absolute atomic E-state index is 0.124. The first-order valence-corrected chi connectivity index (χ1v) is 6.77. The molecule has 0 bridgehead atoms. The second-order valence-electron chi connectivity index (χ2n) is 5.33. The molecule has 0 aliphatic carbocycles. The molecule has 6 nitrogen and oxygen atoms in total. The number of carbonyl (C=O) groups excluding carboxylic acids is 1. The molecule has 0 spiro atoms. The molecule has 22 heavy (non-hydrogen) atoms. The Hall–Kier alpha value is -2.22. The summed E-state index contributed by atoms with van der Waals surface area (Å²) in [5, 5.41) is 13.6. The molecule has 3 rings (SSSR count). The molecule has 1 unspecified atom stereocenters. The van der Waals surface area contributed by atoms with Gasteiger partial charge in [-0.2, -0.15) is 5.10 Å². The van der Waals surface area contributed by atoms with Gasteiger partial charge in [0.15, 0.2) is 0 Å². The van der Waals surface area contributed by atoms with Crippen molar-refractivity contribution in [2.45, 2.75) is 18.4 Å². The van der Waals surface area contributed by atoms with Crippen LogP contribution < -0.4 is 4.74 Å². The number of ether oxygens (including phenoxy) is 1. The van der Waals surface area contributed by atoms with Gasteiger partial charge in [-0.1, -0.05) is 0 Å². The lowest BCUT2D eigenvalue weighted by Crippen LogP contribution is -2.51. The van der Waals surface area contributed by atoms with Crippen LogP contribution >= 0.6 is 0 Å². The normalized spacial score (nSPS) is 21.1. The summed E-state index contributed by atoms with van der Waals surface area (Å²) in [4.78, 5) is 13.5. The number of amides is 1. The molecule has 1 aliphatic rings. The summed E-state index contributed by atoms with van der Waals surface area (Å²) in [5.74, 6) is -3.27. The van der Waals surface area contributed by atoms with Crippen LogP contribution in [-0.2, 0) is 0 Å². The fourth-order valence-electron chi connectivity index (χ4n) is 2.73. The molecule has 0 aromatic carbocycles. The lowest BCUT2D eigenvalue weighted by atomic mass is 10.0. The molecular weight excluding hydrogens is 296 g/mol. The van der Waals surface area contributed by atoms with Crippen LogP contribution in [0.5, 0.6) is 5.75 Å². The zero-order valence-corrected chi connectivity index (χ0v) is 11.9. The monoisotopic (exact) mass is 311 g/mol. The van der Waals surface area contributed by atoms with Gasteiger partial charge in [0.1, 0.15) is 11.3 Å². The Morgan fingerprint density at radius 3 is 3.00 bits per heavy atom. The zero-order valence-electron chi connectivity index (χ0n) is 11.9. The number of β-amino-alcohol motifs (C(OH)–C–C–N with tert-alkyl or cyclic N) is 1. The van der Waals surface area contributed by atoms with Gasteiger partial charge in [0, 0.05) is 19.2 Å². The first kappa shape index (κ1) is 14.7. The van der Waals surface area contributed by atoms with Gasteiger partial charge in [-0.25, -0.2) is 13.3 Å². The quantitative estimate of drug-likeness (QED) is 0.904. The summed E-state index contributed by atoms with van der Waals surface area (Å²) in [6, 6.07) is 3.36. The second-order valence-corrected chi connectivity index (χ2v) is 5.33. The van der Waals surface area contributed by atoms with Crippen molar-refractivity contribution in [3.05, 3.63) is 30.1 Å². The number of piperidine rings is 1. The number of hydrogen-bond donors (Lipinski definition) is 1. The molecule has 8 heteroatoms. The molecule has 1 saturated heterocycles. The summed E-state index contributed by atoms with van der Waals surface area (Å²) in [6.07, 6.45) is 1.08. The van der Waals surface area contributed by atoms with E-state index in [9.17, 15) is 18.7 Å². The van der Waals surface area contributed by atoms with E-state index in [2.05, 4.69) is 5.10 Å². The van der Waals surface area contributed by atoms with Crippen LogP contribution in [-0.4, -0.2) is 57.8 Å². The number of nitrogens with zero attached hydrogens (tertiary/aromatic N) is 3. The number of aromatic nitrogens is 2. The average Bonchev–Trinajstić information content (AvgIpc) is 2.88. The van der Waals surface area contributed by atoms with E-state index in [1.165, 1.54) is 17.8 Å². The summed E-state index contributed by atoms with van der Waals surface area (Å²) in [6.45, 7) is -0.837. The molecule has 118 valence electrons. The van der Waals surface area contributed by atoms with E-state index in [-0.39, 0.29) is 12.1 Å². The Labute approximate surface area is 124 Å². The van der Waals surface area contributed by atoms with Crippen LogP contribution in [0.25, 0.3) is 5.52 Å². The standard InChI is InChI=1S/C14H15F2N3O3/c1-22-11-3-2-4-19-12(11)10(6-17-19)13(21)18-7-9(20)5-14(15,16)8-18/h2-4,6,9,20H,5,7-8H2,1H3. The van der Waals surface area contributed by atoms with Crippen LogP contribution in [0.15, 0.2) is 24.5 Å². The highest BCUT2D eigenvalue weighted by atomic mass is 19.3. The molecular formula is C14H15F2N3O3. The summed E-state index contributed by atoms with van der Waals surface area (Å²) >= 11 is 0. The Kier molecular flexibility index (Phi) is 3.48. The fourth-order valence-corrected chi connectivity index (χ4v) is 2.73. The molecule has 1 N–H and O–H groups in total. The number of hydrogen-bond acceptors (Lipinski definition) is 4.